The Labute approximate surface area is 186 Å². The zero-order chi connectivity index (χ0) is 22.2. The quantitative estimate of drug-likeness (QED) is 0.411. The fourth-order valence-electron chi connectivity index (χ4n) is 4.71. The highest BCUT2D eigenvalue weighted by atomic mass is 16.1. The number of unbranched alkanes of at least 4 members (excludes halogenated alkanes) is 3. The summed E-state index contributed by atoms with van der Waals surface area (Å²) in [4.78, 5) is 27.0. The zero-order valence-electron chi connectivity index (χ0n) is 18.8. The van der Waals surface area contributed by atoms with Crippen molar-refractivity contribution in [3.05, 3.63) is 69.8 Å². The second-order valence-electron chi connectivity index (χ2n) is 8.70. The molecule has 166 valence electrons. The molecule has 0 aromatic heterocycles. The van der Waals surface area contributed by atoms with Crippen LogP contribution in [0.25, 0.3) is 0 Å². The van der Waals surface area contributed by atoms with E-state index in [4.69, 9.17) is 11.5 Å². The molecule has 1 atom stereocenters. The number of hydrogen-bond donors (Lipinski definition) is 2. The molecule has 4 heteroatoms. The van der Waals surface area contributed by atoms with Gasteiger partial charge in [0.15, 0.2) is 11.6 Å². The van der Waals surface area contributed by atoms with E-state index in [1.165, 1.54) is 0 Å². The van der Waals surface area contributed by atoms with Gasteiger partial charge in [-0.05, 0) is 62.2 Å². The third kappa shape index (κ3) is 5.31. The molecule has 0 spiro atoms. The van der Waals surface area contributed by atoms with E-state index >= 15 is 0 Å². The Hall–Kier alpha value is -2.30. The Morgan fingerprint density at radius 1 is 0.742 bits per heavy atom. The molecule has 0 amide bonds. The summed E-state index contributed by atoms with van der Waals surface area (Å²) in [5.74, 6) is 0.490. The van der Waals surface area contributed by atoms with Gasteiger partial charge >= 0.3 is 0 Å². The molecule has 0 aliphatic heterocycles. The lowest BCUT2D eigenvalue weighted by atomic mass is 9.77. The van der Waals surface area contributed by atoms with Crippen molar-refractivity contribution in [1.82, 2.24) is 0 Å². The number of nitrogens with two attached hydrogens (primary N) is 2. The van der Waals surface area contributed by atoms with Crippen molar-refractivity contribution in [1.29, 1.82) is 0 Å². The van der Waals surface area contributed by atoms with Crippen molar-refractivity contribution in [2.45, 2.75) is 64.7 Å². The van der Waals surface area contributed by atoms with Crippen LogP contribution in [0.15, 0.2) is 36.4 Å². The lowest BCUT2D eigenvalue weighted by Gasteiger charge is -2.25. The average molecular weight is 421 g/mol. The van der Waals surface area contributed by atoms with Crippen LogP contribution >= 0.6 is 0 Å². The normalized spacial score (nSPS) is 13.8. The van der Waals surface area contributed by atoms with Gasteiger partial charge < -0.3 is 11.5 Å². The van der Waals surface area contributed by atoms with Crippen LogP contribution in [-0.4, -0.2) is 24.7 Å². The summed E-state index contributed by atoms with van der Waals surface area (Å²) < 4.78 is 0. The lowest BCUT2D eigenvalue weighted by molar-refractivity contribution is 0.0977. The van der Waals surface area contributed by atoms with Gasteiger partial charge in [-0.25, -0.2) is 0 Å². The number of carbonyl (C=O) groups is 2. The summed E-state index contributed by atoms with van der Waals surface area (Å²) in [5, 5.41) is 0. The number of rotatable bonds is 12. The minimum Gasteiger partial charge on any atom is -0.330 e. The SMILES string of the molecule is CCC(CCCCN)Cc1ccc(CCCCCN)c2c1C(=O)c1ccccc1C2=O. The summed E-state index contributed by atoms with van der Waals surface area (Å²) >= 11 is 0. The fraction of sp³-hybridized carbons (Fsp3) is 0.481. The molecule has 1 unspecified atom stereocenters. The van der Waals surface area contributed by atoms with Gasteiger partial charge in [-0.1, -0.05) is 69.0 Å². The number of carbonyl (C=O) groups excluding carboxylic acids is 2. The van der Waals surface area contributed by atoms with E-state index in [2.05, 4.69) is 19.1 Å². The molecule has 0 bridgehead atoms. The fourth-order valence-corrected chi connectivity index (χ4v) is 4.71. The molecule has 4 N–H and O–H groups in total. The van der Waals surface area contributed by atoms with Crippen LogP contribution in [0, 0.1) is 5.92 Å². The van der Waals surface area contributed by atoms with Crippen molar-refractivity contribution in [3.63, 3.8) is 0 Å². The number of fused-ring (bicyclic) bond motifs is 2. The summed E-state index contributed by atoms with van der Waals surface area (Å²) in [6.45, 7) is 3.60. The minimum absolute atomic E-state index is 0.000759. The Kier molecular flexibility index (Phi) is 8.56. The van der Waals surface area contributed by atoms with E-state index in [0.29, 0.717) is 41.3 Å². The molecule has 0 saturated heterocycles. The van der Waals surface area contributed by atoms with Gasteiger partial charge in [-0.2, -0.15) is 0 Å². The van der Waals surface area contributed by atoms with Gasteiger partial charge in [0, 0.05) is 22.3 Å². The molecule has 0 fully saturated rings. The number of aryl methyl sites for hydroxylation is 1. The van der Waals surface area contributed by atoms with Crippen LogP contribution in [0.2, 0.25) is 0 Å². The summed E-state index contributed by atoms with van der Waals surface area (Å²) in [6.07, 6.45) is 8.91. The molecule has 0 heterocycles. The highest BCUT2D eigenvalue weighted by Crippen LogP contribution is 2.34. The van der Waals surface area contributed by atoms with Crippen molar-refractivity contribution in [2.24, 2.45) is 17.4 Å². The van der Waals surface area contributed by atoms with Crippen molar-refractivity contribution in [3.8, 4) is 0 Å². The van der Waals surface area contributed by atoms with Crippen molar-refractivity contribution in [2.75, 3.05) is 13.1 Å². The summed E-state index contributed by atoms with van der Waals surface area (Å²) in [6, 6.07) is 11.4. The molecule has 1 aliphatic rings. The largest absolute Gasteiger partial charge is 0.330 e. The van der Waals surface area contributed by atoms with E-state index in [9.17, 15) is 9.59 Å². The van der Waals surface area contributed by atoms with E-state index in [0.717, 1.165) is 68.9 Å². The van der Waals surface area contributed by atoms with Gasteiger partial charge in [0.25, 0.3) is 0 Å². The van der Waals surface area contributed by atoms with Gasteiger partial charge in [0.2, 0.25) is 0 Å². The standard InChI is InChI=1S/C27H36N2O2/c1-2-19(10-7-9-17-29)18-21-15-14-20(11-4-3-8-16-28)24-25(21)27(31)23-13-6-5-12-22(23)26(24)30/h5-6,12-15,19H,2-4,7-11,16-18,28-29H2,1H3. The van der Waals surface area contributed by atoms with Crippen LogP contribution in [0.1, 0.15) is 94.8 Å². The first-order valence-corrected chi connectivity index (χ1v) is 11.9. The minimum atomic E-state index is -0.00273. The first kappa shape index (κ1) is 23.4. The molecule has 1 aliphatic carbocycles. The van der Waals surface area contributed by atoms with Gasteiger partial charge in [0.05, 0.1) is 0 Å². The van der Waals surface area contributed by atoms with E-state index in [1.54, 1.807) is 12.1 Å². The van der Waals surface area contributed by atoms with E-state index in [-0.39, 0.29) is 11.6 Å². The van der Waals surface area contributed by atoms with Crippen LogP contribution in [0.4, 0.5) is 0 Å². The molecule has 2 aromatic rings. The topological polar surface area (TPSA) is 86.2 Å². The monoisotopic (exact) mass is 420 g/mol. The number of hydrogen-bond acceptors (Lipinski definition) is 4. The van der Waals surface area contributed by atoms with Gasteiger partial charge in [-0.3, -0.25) is 9.59 Å². The van der Waals surface area contributed by atoms with Gasteiger partial charge in [0.1, 0.15) is 0 Å². The molecule has 3 rings (SSSR count). The second-order valence-corrected chi connectivity index (χ2v) is 8.70. The first-order valence-electron chi connectivity index (χ1n) is 11.9. The van der Waals surface area contributed by atoms with Crippen LogP contribution < -0.4 is 11.5 Å². The Morgan fingerprint density at radius 3 is 1.94 bits per heavy atom. The van der Waals surface area contributed by atoms with E-state index in [1.807, 2.05) is 12.1 Å². The maximum absolute atomic E-state index is 13.5. The smallest absolute Gasteiger partial charge is 0.194 e. The Morgan fingerprint density at radius 2 is 1.32 bits per heavy atom. The van der Waals surface area contributed by atoms with Crippen molar-refractivity contribution < 1.29 is 9.59 Å². The zero-order valence-corrected chi connectivity index (χ0v) is 18.8. The maximum atomic E-state index is 13.5. The van der Waals surface area contributed by atoms with Crippen molar-refractivity contribution >= 4 is 11.6 Å². The van der Waals surface area contributed by atoms with Gasteiger partial charge in [-0.15, -0.1) is 0 Å². The number of benzene rings is 2. The highest BCUT2D eigenvalue weighted by molar-refractivity contribution is 6.29. The summed E-state index contributed by atoms with van der Waals surface area (Å²) in [7, 11) is 0. The Bertz CT molecular complexity index is 919. The highest BCUT2D eigenvalue weighted by Gasteiger charge is 2.33. The molecule has 2 aromatic carbocycles. The second kappa shape index (κ2) is 11.4. The third-order valence-corrected chi connectivity index (χ3v) is 6.55. The lowest BCUT2D eigenvalue weighted by Crippen LogP contribution is -2.25. The van der Waals surface area contributed by atoms with Crippen LogP contribution in [0.3, 0.4) is 0 Å². The van der Waals surface area contributed by atoms with Crippen LogP contribution in [-0.2, 0) is 12.8 Å². The van der Waals surface area contributed by atoms with Crippen LogP contribution in [0.5, 0.6) is 0 Å². The first-order chi connectivity index (χ1) is 15.1. The third-order valence-electron chi connectivity index (χ3n) is 6.55. The Balaban J connectivity index is 1.98. The average Bonchev–Trinajstić information content (AvgIpc) is 2.80. The molecule has 31 heavy (non-hydrogen) atoms. The molecule has 0 radical (unpaired) electrons. The predicted molar refractivity (Wildman–Crippen MR) is 127 cm³/mol. The van der Waals surface area contributed by atoms with E-state index < -0.39 is 0 Å². The molecule has 4 nitrogen and oxygen atoms in total. The maximum Gasteiger partial charge on any atom is 0.194 e. The predicted octanol–water partition coefficient (Wildman–Crippen LogP) is 4.83. The number of ketones is 2. The molecule has 0 saturated carbocycles. The molecular weight excluding hydrogens is 384 g/mol. The summed E-state index contributed by atoms with van der Waals surface area (Å²) in [5.41, 5.74) is 15.7. The molecular formula is C27H36N2O2.